The van der Waals surface area contributed by atoms with Gasteiger partial charge in [0.05, 0.1) is 0 Å². The van der Waals surface area contributed by atoms with Crippen molar-refractivity contribution in [2.45, 2.75) is 38.6 Å². The third kappa shape index (κ3) is 3.80. The molecule has 5 nitrogen and oxygen atoms in total. The molecule has 19 heavy (non-hydrogen) atoms. The molecule has 0 radical (unpaired) electrons. The fraction of sp³-hybridized carbons (Fsp3) is 0.714. The van der Waals surface area contributed by atoms with E-state index in [0.717, 1.165) is 30.5 Å². The Morgan fingerprint density at radius 2 is 2.11 bits per heavy atom. The predicted octanol–water partition coefficient (Wildman–Crippen LogP) is 1.77. The summed E-state index contributed by atoms with van der Waals surface area (Å²) in [6.45, 7) is 5.22. The molecule has 2 fully saturated rings. The Labute approximate surface area is 114 Å². The first-order valence-electron chi connectivity index (χ1n) is 7.36. The van der Waals surface area contributed by atoms with Gasteiger partial charge in [-0.2, -0.15) is 0 Å². The van der Waals surface area contributed by atoms with Crippen LogP contribution < -0.4 is 16.0 Å². The maximum atomic E-state index is 4.46. The second kappa shape index (κ2) is 5.74. The van der Waals surface area contributed by atoms with Crippen molar-refractivity contribution in [3.63, 3.8) is 0 Å². The first-order chi connectivity index (χ1) is 9.29. The quantitative estimate of drug-likeness (QED) is 0.754. The molecular weight excluding hydrogens is 238 g/mol. The Morgan fingerprint density at radius 3 is 2.84 bits per heavy atom. The van der Waals surface area contributed by atoms with Crippen LogP contribution in [0.25, 0.3) is 0 Å². The van der Waals surface area contributed by atoms with Crippen LogP contribution in [0.3, 0.4) is 0 Å². The molecule has 0 bridgehead atoms. The van der Waals surface area contributed by atoms with Gasteiger partial charge in [0.2, 0.25) is 0 Å². The molecule has 1 unspecified atom stereocenters. The van der Waals surface area contributed by atoms with Gasteiger partial charge < -0.3 is 16.0 Å². The van der Waals surface area contributed by atoms with Gasteiger partial charge >= 0.3 is 0 Å². The van der Waals surface area contributed by atoms with Crippen LogP contribution >= 0.6 is 0 Å². The first-order valence-corrected chi connectivity index (χ1v) is 7.36. The normalized spacial score (nSPS) is 23.1. The van der Waals surface area contributed by atoms with E-state index in [4.69, 9.17) is 0 Å². The molecule has 1 aliphatic carbocycles. The Hall–Kier alpha value is -1.36. The number of piperidine rings is 1. The van der Waals surface area contributed by atoms with Crippen LogP contribution in [0.1, 0.15) is 31.5 Å². The molecule has 1 saturated carbocycles. The molecule has 1 aromatic heterocycles. The van der Waals surface area contributed by atoms with Crippen LogP contribution in [0.5, 0.6) is 0 Å². The van der Waals surface area contributed by atoms with E-state index in [0.29, 0.717) is 12.0 Å². The highest BCUT2D eigenvalue weighted by Crippen LogP contribution is 2.24. The maximum Gasteiger partial charge on any atom is 0.132 e. The highest BCUT2D eigenvalue weighted by molar-refractivity contribution is 5.48. The van der Waals surface area contributed by atoms with E-state index >= 15 is 0 Å². The van der Waals surface area contributed by atoms with Crippen LogP contribution in [0.4, 0.5) is 11.6 Å². The Bertz CT molecular complexity index is 424. The molecular formula is C14H23N5. The van der Waals surface area contributed by atoms with Crippen molar-refractivity contribution in [1.82, 2.24) is 15.3 Å². The minimum absolute atomic E-state index is 0.629. The van der Waals surface area contributed by atoms with Crippen molar-refractivity contribution in [1.29, 1.82) is 0 Å². The van der Waals surface area contributed by atoms with Crippen LogP contribution in [0, 0.1) is 12.8 Å². The number of hydrogen-bond acceptors (Lipinski definition) is 5. The van der Waals surface area contributed by atoms with Gasteiger partial charge in [0, 0.05) is 18.7 Å². The first kappa shape index (κ1) is 12.7. The van der Waals surface area contributed by atoms with Crippen molar-refractivity contribution in [2.75, 3.05) is 30.3 Å². The topological polar surface area (TPSA) is 61.9 Å². The van der Waals surface area contributed by atoms with E-state index in [1.165, 1.54) is 32.2 Å². The monoisotopic (exact) mass is 261 g/mol. The minimum atomic E-state index is 0.629. The zero-order valence-electron chi connectivity index (χ0n) is 11.6. The lowest BCUT2D eigenvalue weighted by atomic mass is 10.00. The molecule has 3 rings (SSSR count). The summed E-state index contributed by atoms with van der Waals surface area (Å²) in [5.74, 6) is 3.44. The summed E-state index contributed by atoms with van der Waals surface area (Å²) in [6.07, 6.45) is 5.11. The highest BCUT2D eigenvalue weighted by atomic mass is 15.1. The Morgan fingerprint density at radius 1 is 1.26 bits per heavy atom. The molecule has 1 atom stereocenters. The van der Waals surface area contributed by atoms with E-state index in [-0.39, 0.29) is 0 Å². The second-order valence-electron chi connectivity index (χ2n) is 5.70. The van der Waals surface area contributed by atoms with Crippen molar-refractivity contribution in [3.05, 3.63) is 11.9 Å². The minimum Gasteiger partial charge on any atom is -0.370 e. The summed E-state index contributed by atoms with van der Waals surface area (Å²) in [7, 11) is 0. The fourth-order valence-corrected chi connectivity index (χ4v) is 2.52. The fourth-order valence-electron chi connectivity index (χ4n) is 2.52. The van der Waals surface area contributed by atoms with Gasteiger partial charge in [-0.05, 0) is 51.6 Å². The largest absolute Gasteiger partial charge is 0.370 e. The number of rotatable bonds is 5. The summed E-state index contributed by atoms with van der Waals surface area (Å²) >= 11 is 0. The van der Waals surface area contributed by atoms with Gasteiger partial charge in [0.15, 0.2) is 0 Å². The third-order valence-corrected chi connectivity index (χ3v) is 3.74. The number of nitrogens with zero attached hydrogens (tertiary/aromatic N) is 2. The molecule has 104 valence electrons. The lowest BCUT2D eigenvalue weighted by Gasteiger charge is -2.23. The van der Waals surface area contributed by atoms with E-state index in [9.17, 15) is 0 Å². The van der Waals surface area contributed by atoms with Gasteiger partial charge in [-0.1, -0.05) is 0 Å². The van der Waals surface area contributed by atoms with Crippen molar-refractivity contribution in [2.24, 2.45) is 5.92 Å². The van der Waals surface area contributed by atoms with Crippen LogP contribution in [0.15, 0.2) is 6.07 Å². The van der Waals surface area contributed by atoms with E-state index in [1.54, 1.807) is 0 Å². The lowest BCUT2D eigenvalue weighted by Crippen LogP contribution is -2.33. The number of aromatic nitrogens is 2. The summed E-state index contributed by atoms with van der Waals surface area (Å²) in [5.41, 5.74) is 0. The summed E-state index contributed by atoms with van der Waals surface area (Å²) in [5, 5.41) is 10.3. The van der Waals surface area contributed by atoms with Crippen LogP contribution in [-0.4, -0.2) is 35.6 Å². The molecule has 2 heterocycles. The zero-order chi connectivity index (χ0) is 13.1. The van der Waals surface area contributed by atoms with Crippen molar-refractivity contribution in [3.8, 4) is 0 Å². The van der Waals surface area contributed by atoms with Gasteiger partial charge in [-0.3, -0.25) is 0 Å². The van der Waals surface area contributed by atoms with E-state index < -0.39 is 0 Å². The van der Waals surface area contributed by atoms with Gasteiger partial charge in [-0.25, -0.2) is 9.97 Å². The van der Waals surface area contributed by atoms with E-state index in [1.807, 2.05) is 13.0 Å². The van der Waals surface area contributed by atoms with Gasteiger partial charge in [0.25, 0.3) is 0 Å². The lowest BCUT2D eigenvalue weighted by molar-refractivity contribution is 0.392. The smallest absolute Gasteiger partial charge is 0.132 e. The second-order valence-corrected chi connectivity index (χ2v) is 5.70. The molecule has 1 saturated heterocycles. The van der Waals surface area contributed by atoms with Crippen molar-refractivity contribution < 1.29 is 0 Å². The molecule has 0 spiro atoms. The third-order valence-electron chi connectivity index (χ3n) is 3.74. The Kier molecular flexibility index (Phi) is 3.82. The molecule has 0 aromatic carbocycles. The predicted molar refractivity (Wildman–Crippen MR) is 77.5 cm³/mol. The standard InChI is InChI=1S/C14H23N5/c1-10-17-13(7-14(18-10)19-12-4-5-12)16-9-11-3-2-6-15-8-11/h7,11-12,15H,2-6,8-9H2,1H3,(H2,16,17,18,19). The Balaban J connectivity index is 1.57. The summed E-state index contributed by atoms with van der Waals surface area (Å²) in [6, 6.07) is 2.66. The van der Waals surface area contributed by atoms with Crippen LogP contribution in [0.2, 0.25) is 0 Å². The van der Waals surface area contributed by atoms with Crippen LogP contribution in [-0.2, 0) is 0 Å². The maximum absolute atomic E-state index is 4.46. The summed E-state index contributed by atoms with van der Waals surface area (Å²) in [4.78, 5) is 8.90. The average Bonchev–Trinajstić information content (AvgIpc) is 3.21. The van der Waals surface area contributed by atoms with E-state index in [2.05, 4.69) is 25.9 Å². The SMILES string of the molecule is Cc1nc(NCC2CCCNC2)cc(NC2CC2)n1. The highest BCUT2D eigenvalue weighted by Gasteiger charge is 2.21. The number of aryl methyl sites for hydroxylation is 1. The number of anilines is 2. The number of hydrogen-bond donors (Lipinski definition) is 3. The van der Waals surface area contributed by atoms with Gasteiger partial charge in [-0.15, -0.1) is 0 Å². The molecule has 0 amide bonds. The van der Waals surface area contributed by atoms with Crippen molar-refractivity contribution >= 4 is 11.6 Å². The number of nitrogens with one attached hydrogen (secondary N) is 3. The summed E-state index contributed by atoms with van der Waals surface area (Å²) < 4.78 is 0. The molecule has 5 heteroatoms. The molecule has 3 N–H and O–H groups in total. The molecule has 1 aromatic rings. The average molecular weight is 261 g/mol. The molecule has 1 aliphatic heterocycles. The van der Waals surface area contributed by atoms with Gasteiger partial charge in [0.1, 0.15) is 17.5 Å². The zero-order valence-corrected chi connectivity index (χ0v) is 11.6. The molecule has 2 aliphatic rings.